The number of halogens is 3. The van der Waals surface area contributed by atoms with Crippen LogP contribution in [-0.4, -0.2) is 43.8 Å². The van der Waals surface area contributed by atoms with Crippen LogP contribution >= 0.6 is 0 Å². The highest BCUT2D eigenvalue weighted by Crippen LogP contribution is 2.22. The van der Waals surface area contributed by atoms with Crippen LogP contribution in [0, 0.1) is 5.92 Å². The molecule has 0 aromatic carbocycles. The molecule has 0 radical (unpaired) electrons. The molecule has 1 unspecified atom stereocenters. The standard InChI is InChI=1S/C13H25F3N2/c1-11(12-5-9-18(2)10-6-12)17-8-4-3-7-13(14,15)16/h11-12,17H,3-10H2,1-2H3. The van der Waals surface area contributed by atoms with Gasteiger partial charge in [-0.05, 0) is 65.2 Å². The minimum Gasteiger partial charge on any atom is -0.314 e. The van der Waals surface area contributed by atoms with Crippen molar-refractivity contribution >= 4 is 0 Å². The van der Waals surface area contributed by atoms with Gasteiger partial charge in [-0.15, -0.1) is 0 Å². The zero-order valence-electron chi connectivity index (χ0n) is 11.4. The van der Waals surface area contributed by atoms with Gasteiger partial charge in [0.05, 0.1) is 0 Å². The van der Waals surface area contributed by atoms with E-state index in [1.807, 2.05) is 0 Å². The smallest absolute Gasteiger partial charge is 0.314 e. The summed E-state index contributed by atoms with van der Waals surface area (Å²) in [6.07, 6.45) is -1.44. The van der Waals surface area contributed by atoms with Gasteiger partial charge >= 0.3 is 6.18 Å². The van der Waals surface area contributed by atoms with Crippen LogP contribution in [0.1, 0.15) is 39.0 Å². The molecular weight excluding hydrogens is 241 g/mol. The van der Waals surface area contributed by atoms with Crippen molar-refractivity contribution in [3.05, 3.63) is 0 Å². The topological polar surface area (TPSA) is 15.3 Å². The fourth-order valence-corrected chi connectivity index (χ4v) is 2.48. The van der Waals surface area contributed by atoms with Crippen molar-refractivity contribution in [1.29, 1.82) is 0 Å². The quantitative estimate of drug-likeness (QED) is 0.743. The summed E-state index contributed by atoms with van der Waals surface area (Å²) < 4.78 is 35.8. The zero-order chi connectivity index (χ0) is 13.6. The molecule has 1 aliphatic rings. The molecule has 0 saturated carbocycles. The number of hydrogen-bond donors (Lipinski definition) is 1. The van der Waals surface area contributed by atoms with Crippen LogP contribution in [0.2, 0.25) is 0 Å². The maximum atomic E-state index is 11.9. The first-order chi connectivity index (χ1) is 8.38. The third kappa shape index (κ3) is 6.59. The summed E-state index contributed by atoms with van der Waals surface area (Å²) in [5.41, 5.74) is 0. The average Bonchev–Trinajstić information content (AvgIpc) is 2.27. The molecule has 1 N–H and O–H groups in total. The van der Waals surface area contributed by atoms with Crippen LogP contribution in [-0.2, 0) is 0 Å². The van der Waals surface area contributed by atoms with Crippen molar-refractivity contribution in [1.82, 2.24) is 10.2 Å². The van der Waals surface area contributed by atoms with Gasteiger partial charge in [-0.3, -0.25) is 0 Å². The summed E-state index contributed by atoms with van der Waals surface area (Å²) in [6.45, 7) is 5.11. The first-order valence-electron chi connectivity index (χ1n) is 6.87. The van der Waals surface area contributed by atoms with E-state index in [2.05, 4.69) is 24.2 Å². The summed E-state index contributed by atoms with van der Waals surface area (Å²) in [7, 11) is 2.13. The molecule has 0 aromatic heterocycles. The molecule has 5 heteroatoms. The molecule has 0 bridgehead atoms. The lowest BCUT2D eigenvalue weighted by molar-refractivity contribution is -0.135. The van der Waals surface area contributed by atoms with Crippen molar-refractivity contribution < 1.29 is 13.2 Å². The number of unbranched alkanes of at least 4 members (excludes halogenated alkanes) is 1. The molecule has 108 valence electrons. The van der Waals surface area contributed by atoms with Gasteiger partial charge in [-0.1, -0.05) is 0 Å². The number of nitrogens with one attached hydrogen (secondary N) is 1. The van der Waals surface area contributed by atoms with E-state index in [9.17, 15) is 13.2 Å². The Balaban J connectivity index is 2.05. The third-order valence-corrected chi connectivity index (χ3v) is 3.82. The average molecular weight is 266 g/mol. The van der Waals surface area contributed by atoms with Gasteiger partial charge in [0.15, 0.2) is 0 Å². The molecule has 0 aromatic rings. The highest BCUT2D eigenvalue weighted by Gasteiger charge is 2.26. The maximum absolute atomic E-state index is 11.9. The molecule has 1 fully saturated rings. The van der Waals surface area contributed by atoms with Gasteiger partial charge in [-0.2, -0.15) is 13.2 Å². The monoisotopic (exact) mass is 266 g/mol. The molecule has 0 amide bonds. The van der Waals surface area contributed by atoms with E-state index < -0.39 is 12.6 Å². The predicted molar refractivity (Wildman–Crippen MR) is 67.6 cm³/mol. The predicted octanol–water partition coefficient (Wildman–Crippen LogP) is 3.04. The number of likely N-dealkylation sites (tertiary alicyclic amines) is 1. The van der Waals surface area contributed by atoms with Crippen LogP contribution < -0.4 is 5.32 Å². The molecule has 0 spiro atoms. The van der Waals surface area contributed by atoms with Crippen molar-refractivity contribution in [3.63, 3.8) is 0 Å². The molecule has 1 heterocycles. The molecule has 18 heavy (non-hydrogen) atoms. The second-order valence-electron chi connectivity index (χ2n) is 5.46. The molecule has 1 atom stereocenters. The van der Waals surface area contributed by atoms with Gasteiger partial charge in [0.25, 0.3) is 0 Å². The molecule has 2 nitrogen and oxygen atoms in total. The van der Waals surface area contributed by atoms with Gasteiger partial charge in [0, 0.05) is 12.5 Å². The zero-order valence-corrected chi connectivity index (χ0v) is 11.4. The Bertz CT molecular complexity index is 223. The maximum Gasteiger partial charge on any atom is 0.389 e. The minimum absolute atomic E-state index is 0.233. The number of nitrogens with zero attached hydrogens (tertiary/aromatic N) is 1. The minimum atomic E-state index is -4.00. The largest absolute Gasteiger partial charge is 0.389 e. The SMILES string of the molecule is CC(NCCCCC(F)(F)F)C1CCN(C)CC1. The molecular formula is C13H25F3N2. The fourth-order valence-electron chi connectivity index (χ4n) is 2.48. The Morgan fingerprint density at radius 3 is 2.39 bits per heavy atom. The number of piperidine rings is 1. The van der Waals surface area contributed by atoms with Crippen molar-refractivity contribution in [2.75, 3.05) is 26.7 Å². The fraction of sp³-hybridized carbons (Fsp3) is 1.00. The third-order valence-electron chi connectivity index (χ3n) is 3.82. The summed E-state index contributed by atoms with van der Waals surface area (Å²) in [5.74, 6) is 0.670. The van der Waals surface area contributed by atoms with Crippen molar-refractivity contribution in [2.24, 2.45) is 5.92 Å². The molecule has 1 saturated heterocycles. The summed E-state index contributed by atoms with van der Waals surface area (Å²) in [5, 5.41) is 3.37. The second kappa shape index (κ2) is 7.34. The van der Waals surface area contributed by atoms with E-state index in [1.54, 1.807) is 0 Å². The number of alkyl halides is 3. The first kappa shape index (κ1) is 15.8. The van der Waals surface area contributed by atoms with Crippen LogP contribution in [0.4, 0.5) is 13.2 Å². The van der Waals surface area contributed by atoms with Crippen LogP contribution in [0.5, 0.6) is 0 Å². The van der Waals surface area contributed by atoms with Crippen molar-refractivity contribution in [3.8, 4) is 0 Å². The lowest BCUT2D eigenvalue weighted by Gasteiger charge is -2.33. The highest BCUT2D eigenvalue weighted by molar-refractivity contribution is 4.78. The molecule has 0 aliphatic carbocycles. The molecule has 1 rings (SSSR count). The van der Waals surface area contributed by atoms with E-state index >= 15 is 0 Å². The van der Waals surface area contributed by atoms with Crippen molar-refractivity contribution in [2.45, 2.75) is 51.2 Å². The van der Waals surface area contributed by atoms with Gasteiger partial charge < -0.3 is 10.2 Å². The second-order valence-corrected chi connectivity index (χ2v) is 5.46. The van der Waals surface area contributed by atoms with Gasteiger partial charge in [0.2, 0.25) is 0 Å². The van der Waals surface area contributed by atoms with E-state index in [4.69, 9.17) is 0 Å². The van der Waals surface area contributed by atoms with Crippen LogP contribution in [0.25, 0.3) is 0 Å². The Morgan fingerprint density at radius 2 is 1.83 bits per heavy atom. The number of rotatable bonds is 6. The lowest BCUT2D eigenvalue weighted by Crippen LogP contribution is -2.41. The normalized spacial score (nSPS) is 21.2. The van der Waals surface area contributed by atoms with Gasteiger partial charge in [0.1, 0.15) is 0 Å². The van der Waals surface area contributed by atoms with Crippen LogP contribution in [0.15, 0.2) is 0 Å². The van der Waals surface area contributed by atoms with E-state index in [0.717, 1.165) is 13.1 Å². The summed E-state index contributed by atoms with van der Waals surface area (Å²) >= 11 is 0. The summed E-state index contributed by atoms with van der Waals surface area (Å²) in [6, 6.07) is 0.421. The highest BCUT2D eigenvalue weighted by atomic mass is 19.4. The Hall–Kier alpha value is -0.290. The van der Waals surface area contributed by atoms with Gasteiger partial charge in [-0.25, -0.2) is 0 Å². The number of hydrogen-bond acceptors (Lipinski definition) is 2. The first-order valence-corrected chi connectivity index (χ1v) is 6.87. The molecule has 1 aliphatic heterocycles. The van der Waals surface area contributed by atoms with E-state index in [-0.39, 0.29) is 6.42 Å². The Morgan fingerprint density at radius 1 is 1.22 bits per heavy atom. The van der Waals surface area contributed by atoms with Crippen LogP contribution in [0.3, 0.4) is 0 Å². The van der Waals surface area contributed by atoms with E-state index in [1.165, 1.54) is 12.8 Å². The Labute approximate surface area is 108 Å². The Kier molecular flexibility index (Phi) is 6.43. The lowest BCUT2D eigenvalue weighted by atomic mass is 9.90. The summed E-state index contributed by atoms with van der Waals surface area (Å²) in [4.78, 5) is 2.33. The van der Waals surface area contributed by atoms with E-state index in [0.29, 0.717) is 24.9 Å².